The summed E-state index contributed by atoms with van der Waals surface area (Å²) in [5.74, 6) is -1.71. The van der Waals surface area contributed by atoms with E-state index in [1.807, 2.05) is 0 Å². The van der Waals surface area contributed by atoms with Gasteiger partial charge in [-0.2, -0.15) is 13.2 Å². The molecular weight excluding hydrogens is 275 g/mol. The number of carbonyl (C=O) groups is 1. The molecule has 20 heavy (non-hydrogen) atoms. The molecule has 0 spiro atoms. The third-order valence-corrected chi connectivity index (χ3v) is 2.79. The number of anilines is 1. The summed E-state index contributed by atoms with van der Waals surface area (Å²) in [6.45, 7) is 3.06. The lowest BCUT2D eigenvalue weighted by Gasteiger charge is -2.22. The first-order valence-corrected chi connectivity index (χ1v) is 6.02. The van der Waals surface area contributed by atoms with Gasteiger partial charge >= 0.3 is 6.18 Å². The number of rotatable bonds is 4. The smallest absolute Gasteiger partial charge is 0.420 e. The molecule has 0 saturated carbocycles. The van der Waals surface area contributed by atoms with Crippen LogP contribution in [0.3, 0.4) is 0 Å². The number of benzene rings is 1. The zero-order valence-corrected chi connectivity index (χ0v) is 11.1. The first-order chi connectivity index (χ1) is 9.08. The number of amides is 1. The van der Waals surface area contributed by atoms with Gasteiger partial charge < -0.3 is 15.5 Å². The summed E-state index contributed by atoms with van der Waals surface area (Å²) in [6.07, 6.45) is -4.00. The molecule has 0 bridgehead atoms. The van der Waals surface area contributed by atoms with Gasteiger partial charge in [0.15, 0.2) is 0 Å². The van der Waals surface area contributed by atoms with Crippen LogP contribution in [0.25, 0.3) is 0 Å². The summed E-state index contributed by atoms with van der Waals surface area (Å²) in [5.41, 5.74) is -3.05. The third-order valence-electron chi connectivity index (χ3n) is 2.79. The second-order valence-corrected chi connectivity index (χ2v) is 4.71. The molecule has 112 valence electrons. The van der Waals surface area contributed by atoms with Crippen LogP contribution in [0.2, 0.25) is 0 Å². The number of carbonyl (C=O) groups excluding carboxylic acids is 1. The number of phenolic OH excluding ortho intramolecular Hbond substituents is 1. The topological polar surface area (TPSA) is 69.6 Å². The average Bonchev–Trinajstić information content (AvgIpc) is 2.30. The monoisotopic (exact) mass is 291 g/mol. The Labute approximate surface area is 114 Å². The normalized spacial score (nSPS) is 14.7. The Balaban J connectivity index is 2.97. The van der Waals surface area contributed by atoms with E-state index < -0.39 is 29.0 Å². The minimum absolute atomic E-state index is 0.142. The molecule has 1 aromatic carbocycles. The Morgan fingerprint density at radius 2 is 1.95 bits per heavy atom. The van der Waals surface area contributed by atoms with Crippen LogP contribution in [-0.2, 0) is 11.0 Å². The first-order valence-electron chi connectivity index (χ1n) is 6.02. The van der Waals surface area contributed by atoms with Crippen LogP contribution < -0.4 is 5.32 Å². The van der Waals surface area contributed by atoms with Gasteiger partial charge in [-0.25, -0.2) is 0 Å². The Morgan fingerprint density at radius 1 is 1.35 bits per heavy atom. The summed E-state index contributed by atoms with van der Waals surface area (Å²) in [5, 5.41) is 21.2. The van der Waals surface area contributed by atoms with Crippen LogP contribution >= 0.6 is 0 Å². The molecule has 1 unspecified atom stereocenters. The number of phenols is 1. The molecule has 0 aliphatic heterocycles. The predicted molar refractivity (Wildman–Crippen MR) is 67.3 cm³/mol. The van der Waals surface area contributed by atoms with Crippen molar-refractivity contribution in [1.82, 2.24) is 0 Å². The van der Waals surface area contributed by atoms with Crippen LogP contribution in [0.1, 0.15) is 32.3 Å². The molecule has 0 aliphatic rings. The third kappa shape index (κ3) is 3.86. The highest BCUT2D eigenvalue weighted by molar-refractivity contribution is 5.96. The van der Waals surface area contributed by atoms with E-state index in [-0.39, 0.29) is 12.1 Å². The van der Waals surface area contributed by atoms with Crippen molar-refractivity contribution in [1.29, 1.82) is 0 Å². The van der Waals surface area contributed by atoms with Gasteiger partial charge in [0, 0.05) is 5.69 Å². The van der Waals surface area contributed by atoms with Crippen molar-refractivity contribution in [2.45, 2.75) is 38.5 Å². The summed E-state index contributed by atoms with van der Waals surface area (Å²) in [7, 11) is 0. The van der Waals surface area contributed by atoms with Crippen LogP contribution in [0.4, 0.5) is 18.9 Å². The lowest BCUT2D eigenvalue weighted by Crippen LogP contribution is -2.39. The minimum Gasteiger partial charge on any atom is -0.507 e. The van der Waals surface area contributed by atoms with Crippen LogP contribution in [0, 0.1) is 0 Å². The van der Waals surface area contributed by atoms with E-state index in [9.17, 15) is 23.1 Å². The number of nitrogens with one attached hydrogen (secondary N) is 1. The van der Waals surface area contributed by atoms with E-state index in [2.05, 4.69) is 5.32 Å². The molecule has 0 aliphatic carbocycles. The fourth-order valence-corrected chi connectivity index (χ4v) is 1.71. The molecule has 0 fully saturated rings. The van der Waals surface area contributed by atoms with Gasteiger partial charge in [0.05, 0.1) is 5.56 Å². The molecule has 3 N–H and O–H groups in total. The zero-order valence-electron chi connectivity index (χ0n) is 11.1. The largest absolute Gasteiger partial charge is 0.507 e. The van der Waals surface area contributed by atoms with Crippen molar-refractivity contribution in [3.05, 3.63) is 23.8 Å². The molecule has 0 aromatic heterocycles. The Morgan fingerprint density at radius 3 is 2.45 bits per heavy atom. The van der Waals surface area contributed by atoms with Crippen LogP contribution in [0.15, 0.2) is 18.2 Å². The molecular formula is C13H16F3NO3. The van der Waals surface area contributed by atoms with Gasteiger partial charge in [0.1, 0.15) is 11.4 Å². The fourth-order valence-electron chi connectivity index (χ4n) is 1.71. The first kappa shape index (κ1) is 16.3. The molecule has 0 saturated heterocycles. The second-order valence-electron chi connectivity index (χ2n) is 4.71. The summed E-state index contributed by atoms with van der Waals surface area (Å²) in [4.78, 5) is 11.8. The van der Waals surface area contributed by atoms with E-state index >= 15 is 0 Å². The van der Waals surface area contributed by atoms with Gasteiger partial charge in [-0.05, 0) is 31.5 Å². The molecule has 4 nitrogen and oxygen atoms in total. The van der Waals surface area contributed by atoms with E-state index in [4.69, 9.17) is 5.11 Å². The zero-order chi connectivity index (χ0) is 15.6. The van der Waals surface area contributed by atoms with E-state index in [1.165, 1.54) is 6.92 Å². The molecule has 1 rings (SSSR count). The summed E-state index contributed by atoms with van der Waals surface area (Å²) in [6, 6.07) is 2.59. The molecule has 0 heterocycles. The lowest BCUT2D eigenvalue weighted by molar-refractivity contribution is -0.139. The molecule has 1 amide bonds. The fraction of sp³-hybridized carbons (Fsp3) is 0.462. The molecule has 7 heteroatoms. The average molecular weight is 291 g/mol. The van der Waals surface area contributed by atoms with Crippen LogP contribution in [0.5, 0.6) is 5.75 Å². The van der Waals surface area contributed by atoms with Gasteiger partial charge in [0.25, 0.3) is 5.91 Å². The highest BCUT2D eigenvalue weighted by Gasteiger charge is 2.35. The van der Waals surface area contributed by atoms with Gasteiger partial charge in [-0.15, -0.1) is 0 Å². The quantitative estimate of drug-likeness (QED) is 0.747. The molecule has 0 radical (unpaired) electrons. The van der Waals surface area contributed by atoms with E-state index in [1.54, 1.807) is 6.92 Å². The highest BCUT2D eigenvalue weighted by Crippen LogP contribution is 2.37. The van der Waals surface area contributed by atoms with Crippen molar-refractivity contribution in [3.8, 4) is 5.75 Å². The Bertz CT molecular complexity index is 498. The predicted octanol–water partition coefficient (Wildman–Crippen LogP) is 2.90. The standard InChI is InChI=1S/C13H16F3NO3/c1-3-6-12(2,20)11(19)17-8-4-5-10(18)9(7-8)13(14,15)16/h4-5,7,18,20H,3,6H2,1-2H3,(H,17,19). The maximum Gasteiger partial charge on any atom is 0.420 e. The number of hydrogen-bond donors (Lipinski definition) is 3. The molecule has 1 aromatic rings. The Hall–Kier alpha value is -1.76. The Kier molecular flexibility index (Phi) is 4.65. The maximum atomic E-state index is 12.6. The van der Waals surface area contributed by atoms with E-state index in [0.29, 0.717) is 12.5 Å². The SMILES string of the molecule is CCCC(C)(O)C(=O)Nc1ccc(O)c(C(F)(F)F)c1. The van der Waals surface area contributed by atoms with Crippen molar-refractivity contribution in [3.63, 3.8) is 0 Å². The number of aliphatic hydroxyl groups is 1. The van der Waals surface area contributed by atoms with Crippen molar-refractivity contribution < 1.29 is 28.2 Å². The van der Waals surface area contributed by atoms with Gasteiger partial charge in [-0.1, -0.05) is 13.3 Å². The van der Waals surface area contributed by atoms with Gasteiger partial charge in [-0.3, -0.25) is 4.79 Å². The summed E-state index contributed by atoms with van der Waals surface area (Å²) < 4.78 is 37.8. The number of halogens is 3. The lowest BCUT2D eigenvalue weighted by atomic mass is 9.99. The number of hydrogen-bond acceptors (Lipinski definition) is 3. The number of alkyl halides is 3. The van der Waals surface area contributed by atoms with Gasteiger partial charge in [0.2, 0.25) is 0 Å². The maximum absolute atomic E-state index is 12.6. The van der Waals surface area contributed by atoms with E-state index in [0.717, 1.165) is 12.1 Å². The van der Waals surface area contributed by atoms with Crippen molar-refractivity contribution in [2.75, 3.05) is 5.32 Å². The van der Waals surface area contributed by atoms with Crippen molar-refractivity contribution >= 4 is 11.6 Å². The second kappa shape index (κ2) is 5.70. The van der Waals surface area contributed by atoms with Crippen LogP contribution in [-0.4, -0.2) is 21.7 Å². The van der Waals surface area contributed by atoms with Crippen molar-refractivity contribution in [2.24, 2.45) is 0 Å². The number of aromatic hydroxyl groups is 1. The molecule has 1 atom stereocenters. The highest BCUT2D eigenvalue weighted by atomic mass is 19.4. The minimum atomic E-state index is -4.73. The summed E-state index contributed by atoms with van der Waals surface area (Å²) >= 11 is 0.